The number of anilines is 1. The number of nitrogens with zero attached hydrogens (tertiary/aromatic N) is 3. The van der Waals surface area contributed by atoms with E-state index >= 15 is 0 Å². The van der Waals surface area contributed by atoms with Gasteiger partial charge in [0.25, 0.3) is 5.91 Å². The molecule has 2 N–H and O–H groups in total. The number of allylic oxidation sites excluding steroid dienone is 1. The first-order valence-electron chi connectivity index (χ1n) is 12.1. The van der Waals surface area contributed by atoms with Crippen LogP contribution in [0.1, 0.15) is 66.6 Å². The number of aliphatic imine (C=N–C) groups is 1. The lowest BCUT2D eigenvalue weighted by Crippen LogP contribution is -2.56. The van der Waals surface area contributed by atoms with Crippen LogP contribution in [-0.2, 0) is 14.3 Å². The minimum Gasteiger partial charge on any atom is -0.477 e. The summed E-state index contributed by atoms with van der Waals surface area (Å²) in [6, 6.07) is -0.254. The average Bonchev–Trinajstić information content (AvgIpc) is 3.44. The van der Waals surface area contributed by atoms with Crippen LogP contribution in [0.4, 0.5) is 5.13 Å². The number of carboxylic acids is 1. The molecular weight excluding hydrogens is 508 g/mol. The Hall–Kier alpha value is -2.34. The number of thiazole rings is 1. The molecule has 0 saturated carbocycles. The number of hydrogen-bond acceptors (Lipinski definition) is 9. The second kappa shape index (κ2) is 12.8. The van der Waals surface area contributed by atoms with E-state index in [2.05, 4.69) is 15.3 Å². The van der Waals surface area contributed by atoms with E-state index in [-0.39, 0.29) is 46.7 Å². The zero-order chi connectivity index (χ0) is 26.4. The van der Waals surface area contributed by atoms with Crippen LogP contribution in [-0.4, -0.2) is 79.0 Å². The Labute approximate surface area is 219 Å². The molecule has 12 heteroatoms. The predicted molar refractivity (Wildman–Crippen MR) is 138 cm³/mol. The first-order chi connectivity index (χ1) is 17.2. The van der Waals surface area contributed by atoms with Crippen LogP contribution >= 0.6 is 22.9 Å². The van der Waals surface area contributed by atoms with Gasteiger partial charge in [-0.3, -0.25) is 9.59 Å². The molecule has 0 aliphatic carbocycles. The Morgan fingerprint density at radius 2 is 2.08 bits per heavy atom. The smallest absolute Gasteiger partial charge is 0.348 e. The molecule has 1 amide bonds. The monoisotopic (exact) mass is 540 g/mol. The van der Waals surface area contributed by atoms with Gasteiger partial charge in [-0.25, -0.2) is 14.8 Å². The number of amides is 1. The fraction of sp³-hybridized carbons (Fsp3) is 0.625. The number of aromatic carboxylic acids is 1. The van der Waals surface area contributed by atoms with E-state index in [1.807, 2.05) is 25.7 Å². The van der Waals surface area contributed by atoms with Gasteiger partial charge in [0, 0.05) is 46.3 Å². The number of Topliss-reactive ketones (excluding diaryl/α,β-unsaturated/α-hetero) is 1. The number of nitrogens with one attached hydrogen (secondary N) is 1. The minimum atomic E-state index is -1.18. The quantitative estimate of drug-likeness (QED) is 0.304. The van der Waals surface area contributed by atoms with Gasteiger partial charge in [0.15, 0.2) is 10.9 Å². The lowest BCUT2D eigenvalue weighted by atomic mass is 10.0. The molecule has 0 bridgehead atoms. The molecule has 1 aromatic heterocycles. The molecule has 3 rings (SSSR count). The van der Waals surface area contributed by atoms with Crippen molar-refractivity contribution in [3.8, 4) is 0 Å². The number of halogens is 1. The molecule has 10 nitrogen and oxygen atoms in total. The summed E-state index contributed by atoms with van der Waals surface area (Å²) < 4.78 is 11.0. The van der Waals surface area contributed by atoms with E-state index in [0.717, 1.165) is 23.3 Å². The SMILES string of the molecule is CCO[C@H]1CN(c2nc(C(=O)CC(C)COC)c(C(=O)O)s2)CC[C@H]1NC(=O)C1=NC(Cl)=C(CC)C1. The third-order valence-corrected chi connectivity index (χ3v) is 7.64. The lowest BCUT2D eigenvalue weighted by molar-refractivity contribution is -0.117. The summed E-state index contributed by atoms with van der Waals surface area (Å²) in [5.74, 6) is -1.82. The van der Waals surface area contributed by atoms with Crippen LogP contribution < -0.4 is 10.2 Å². The third kappa shape index (κ3) is 6.70. The van der Waals surface area contributed by atoms with Crippen LogP contribution in [0, 0.1) is 5.92 Å². The summed E-state index contributed by atoms with van der Waals surface area (Å²) >= 11 is 7.11. The van der Waals surface area contributed by atoms with Crippen molar-refractivity contribution in [2.24, 2.45) is 10.9 Å². The van der Waals surface area contributed by atoms with Gasteiger partial charge in [-0.05, 0) is 31.3 Å². The largest absolute Gasteiger partial charge is 0.477 e. The summed E-state index contributed by atoms with van der Waals surface area (Å²) in [7, 11) is 1.56. The molecule has 3 atom stereocenters. The molecule has 0 aromatic carbocycles. The van der Waals surface area contributed by atoms with Gasteiger partial charge in [0.1, 0.15) is 21.4 Å². The number of piperidine rings is 1. The molecular formula is C24H33ClN4O6S. The highest BCUT2D eigenvalue weighted by Gasteiger charge is 2.35. The predicted octanol–water partition coefficient (Wildman–Crippen LogP) is 3.50. The first kappa shape index (κ1) is 28.2. The van der Waals surface area contributed by atoms with Gasteiger partial charge >= 0.3 is 5.97 Å². The molecule has 0 spiro atoms. The van der Waals surface area contributed by atoms with Crippen molar-refractivity contribution in [1.29, 1.82) is 0 Å². The van der Waals surface area contributed by atoms with Crippen molar-refractivity contribution in [2.75, 3.05) is 38.3 Å². The zero-order valence-corrected chi connectivity index (χ0v) is 22.6. The number of carbonyl (C=O) groups excluding carboxylic acids is 2. The number of carboxylic acid groups (broad SMARTS) is 1. The third-order valence-electron chi connectivity index (χ3n) is 6.18. The molecule has 1 unspecified atom stereocenters. The molecule has 2 aliphatic rings. The highest BCUT2D eigenvalue weighted by atomic mass is 35.5. The van der Waals surface area contributed by atoms with Crippen LogP contribution in [0.3, 0.4) is 0 Å². The van der Waals surface area contributed by atoms with E-state index in [1.54, 1.807) is 7.11 Å². The van der Waals surface area contributed by atoms with Gasteiger partial charge in [-0.2, -0.15) is 0 Å². The summed E-state index contributed by atoms with van der Waals surface area (Å²) in [5.41, 5.74) is 1.31. The maximum atomic E-state index is 12.8. The maximum Gasteiger partial charge on any atom is 0.348 e. The van der Waals surface area contributed by atoms with Crippen molar-refractivity contribution in [3.63, 3.8) is 0 Å². The van der Waals surface area contributed by atoms with E-state index in [1.165, 1.54) is 0 Å². The van der Waals surface area contributed by atoms with Gasteiger partial charge in [0.05, 0.1) is 12.1 Å². The van der Waals surface area contributed by atoms with Crippen molar-refractivity contribution in [3.05, 3.63) is 21.3 Å². The normalized spacial score (nSPS) is 20.9. The fourth-order valence-electron chi connectivity index (χ4n) is 4.34. The van der Waals surface area contributed by atoms with Crippen molar-refractivity contribution in [1.82, 2.24) is 10.3 Å². The van der Waals surface area contributed by atoms with E-state index in [4.69, 9.17) is 21.1 Å². The minimum absolute atomic E-state index is 0.0239. The summed E-state index contributed by atoms with van der Waals surface area (Å²) in [5, 5.41) is 13.6. The topological polar surface area (TPSA) is 130 Å². The van der Waals surface area contributed by atoms with Gasteiger partial charge in [-0.1, -0.05) is 36.8 Å². The van der Waals surface area contributed by atoms with Crippen molar-refractivity contribution < 1.29 is 29.0 Å². The Balaban J connectivity index is 1.71. The van der Waals surface area contributed by atoms with Crippen molar-refractivity contribution >= 4 is 51.4 Å². The number of rotatable bonds is 12. The highest BCUT2D eigenvalue weighted by Crippen LogP contribution is 2.31. The van der Waals surface area contributed by atoms with E-state index in [9.17, 15) is 19.5 Å². The Bertz CT molecular complexity index is 1060. The molecule has 2 aliphatic heterocycles. The number of aromatic nitrogens is 1. The number of ether oxygens (including phenoxy) is 2. The average molecular weight is 541 g/mol. The maximum absolute atomic E-state index is 12.8. The summed E-state index contributed by atoms with van der Waals surface area (Å²) in [4.78, 5) is 48.0. The van der Waals surface area contributed by atoms with Crippen molar-refractivity contribution in [2.45, 2.75) is 58.6 Å². The Kier molecular flexibility index (Phi) is 10.0. The van der Waals surface area contributed by atoms with Gasteiger partial charge in [0.2, 0.25) is 0 Å². The second-order valence-corrected chi connectivity index (χ2v) is 10.3. The molecule has 1 fully saturated rings. The van der Waals surface area contributed by atoms with Crippen LogP contribution in [0.2, 0.25) is 0 Å². The van der Waals surface area contributed by atoms with Gasteiger partial charge < -0.3 is 24.8 Å². The summed E-state index contributed by atoms with van der Waals surface area (Å²) in [6.45, 7) is 7.46. The number of methoxy groups -OCH3 is 1. The molecule has 36 heavy (non-hydrogen) atoms. The summed E-state index contributed by atoms with van der Waals surface area (Å²) in [6.07, 6.45) is 1.54. The number of hydrogen-bond donors (Lipinski definition) is 2. The standard InChI is InChI=1S/C24H33ClN4O6S/c1-5-14-10-16(26-21(14)25)22(31)27-15-7-8-29(11-18(15)35-6-2)24-28-19(20(36-24)23(32)33)17(30)9-13(3)12-34-4/h13,15,18H,5-12H2,1-4H3,(H,27,31)(H,32,33)/t13?,15-,18+/m1/s1. The Morgan fingerprint density at radius 3 is 2.69 bits per heavy atom. The molecule has 3 heterocycles. The molecule has 1 saturated heterocycles. The number of ketones is 1. The zero-order valence-electron chi connectivity index (χ0n) is 21.0. The molecule has 1 aromatic rings. The first-order valence-corrected chi connectivity index (χ1v) is 13.3. The second-order valence-electron chi connectivity index (χ2n) is 8.96. The van der Waals surface area contributed by atoms with Crippen LogP contribution in [0.25, 0.3) is 0 Å². The number of carbonyl (C=O) groups is 3. The van der Waals surface area contributed by atoms with E-state index in [0.29, 0.717) is 55.1 Å². The highest BCUT2D eigenvalue weighted by molar-refractivity contribution is 7.17. The van der Waals surface area contributed by atoms with Crippen LogP contribution in [0.5, 0.6) is 0 Å². The lowest BCUT2D eigenvalue weighted by Gasteiger charge is -2.38. The Morgan fingerprint density at radius 1 is 1.33 bits per heavy atom. The molecule has 198 valence electrons. The van der Waals surface area contributed by atoms with E-state index < -0.39 is 5.97 Å². The molecule has 0 radical (unpaired) electrons. The fourth-order valence-corrected chi connectivity index (χ4v) is 5.60. The van der Waals surface area contributed by atoms with Crippen LogP contribution in [0.15, 0.2) is 15.7 Å². The van der Waals surface area contributed by atoms with Gasteiger partial charge in [-0.15, -0.1) is 0 Å².